The highest BCUT2D eigenvalue weighted by Gasteiger charge is 2.56. The van der Waals surface area contributed by atoms with Gasteiger partial charge in [0.25, 0.3) is 0 Å². The molecule has 0 amide bonds. The van der Waals surface area contributed by atoms with Crippen LogP contribution in [0.3, 0.4) is 0 Å². The van der Waals surface area contributed by atoms with Crippen LogP contribution in [0.25, 0.3) is 0 Å². The molecule has 0 aliphatic carbocycles. The molecule has 0 fully saturated rings. The summed E-state index contributed by atoms with van der Waals surface area (Å²) in [6.07, 6.45) is -11.1. The van der Waals surface area contributed by atoms with Gasteiger partial charge in [0.05, 0.1) is 0 Å². The average Bonchev–Trinajstić information content (AvgIpc) is 1.56. The maximum Gasteiger partial charge on any atom is 0.414 e. The van der Waals surface area contributed by atoms with E-state index in [4.69, 9.17) is 5.21 Å². The number of hydrogen-bond acceptors (Lipinski definition) is 2. The first-order valence-electron chi connectivity index (χ1n) is 2.22. The molecular formula is C3H3F6NO. The Morgan fingerprint density at radius 3 is 1.18 bits per heavy atom. The van der Waals surface area contributed by atoms with E-state index in [9.17, 15) is 26.3 Å². The fourth-order valence-electron chi connectivity index (χ4n) is 0.332. The van der Waals surface area contributed by atoms with E-state index in [0.29, 0.717) is 0 Å². The summed E-state index contributed by atoms with van der Waals surface area (Å²) in [4.78, 5) is 0. The van der Waals surface area contributed by atoms with E-state index in [1.54, 1.807) is 0 Å². The van der Waals surface area contributed by atoms with Crippen molar-refractivity contribution in [1.29, 1.82) is 0 Å². The van der Waals surface area contributed by atoms with Gasteiger partial charge in [-0.15, -0.1) is 0 Å². The van der Waals surface area contributed by atoms with Crippen molar-refractivity contribution in [1.82, 2.24) is 5.48 Å². The molecule has 8 heteroatoms. The predicted octanol–water partition coefficient (Wildman–Crippen LogP) is 1.46. The van der Waals surface area contributed by atoms with E-state index >= 15 is 0 Å². The summed E-state index contributed by atoms with van der Waals surface area (Å²) < 4.78 is 67.6. The molecule has 0 heterocycles. The van der Waals surface area contributed by atoms with E-state index in [0.717, 1.165) is 0 Å². The molecule has 0 aliphatic rings. The minimum atomic E-state index is -5.53. The third kappa shape index (κ3) is 2.93. The fourth-order valence-corrected chi connectivity index (χ4v) is 0.332. The zero-order valence-corrected chi connectivity index (χ0v) is 4.79. The summed E-state index contributed by atoms with van der Waals surface area (Å²) in [7, 11) is 0. The number of hydroxylamine groups is 1. The maximum absolute atomic E-state index is 11.3. The van der Waals surface area contributed by atoms with Crippen LogP contribution < -0.4 is 5.48 Å². The highest BCUT2D eigenvalue weighted by molar-refractivity contribution is 4.78. The van der Waals surface area contributed by atoms with Gasteiger partial charge in [0.1, 0.15) is 0 Å². The van der Waals surface area contributed by atoms with Gasteiger partial charge < -0.3 is 5.21 Å². The van der Waals surface area contributed by atoms with Crippen LogP contribution in [0, 0.1) is 0 Å². The van der Waals surface area contributed by atoms with Crippen molar-refractivity contribution in [2.24, 2.45) is 0 Å². The molecule has 0 rings (SSSR count). The van der Waals surface area contributed by atoms with Crippen LogP contribution in [-0.2, 0) is 0 Å². The van der Waals surface area contributed by atoms with Crippen molar-refractivity contribution in [3.05, 3.63) is 0 Å². The lowest BCUT2D eigenvalue weighted by molar-refractivity contribution is -0.276. The number of nitrogens with one attached hydrogen (secondary N) is 1. The van der Waals surface area contributed by atoms with Gasteiger partial charge in [0, 0.05) is 0 Å². The van der Waals surface area contributed by atoms with Crippen molar-refractivity contribution in [3.8, 4) is 0 Å². The average molecular weight is 183 g/mol. The van der Waals surface area contributed by atoms with Gasteiger partial charge in [-0.05, 0) is 0 Å². The summed E-state index contributed by atoms with van der Waals surface area (Å²) in [6.45, 7) is 0. The molecular weight excluding hydrogens is 180 g/mol. The number of rotatable bonds is 1. The molecule has 0 aromatic rings. The smallest absolute Gasteiger partial charge is 0.316 e. The summed E-state index contributed by atoms with van der Waals surface area (Å²) >= 11 is 0. The molecule has 11 heavy (non-hydrogen) atoms. The molecule has 68 valence electrons. The number of halogens is 6. The lowest BCUT2D eigenvalue weighted by Crippen LogP contribution is -2.51. The normalized spacial score (nSPS) is 14.2. The molecule has 0 bridgehead atoms. The first-order valence-corrected chi connectivity index (χ1v) is 2.22. The molecule has 0 saturated heterocycles. The van der Waals surface area contributed by atoms with Crippen LogP contribution >= 0.6 is 0 Å². The van der Waals surface area contributed by atoms with Gasteiger partial charge in [0.15, 0.2) is 0 Å². The monoisotopic (exact) mass is 183 g/mol. The van der Waals surface area contributed by atoms with E-state index < -0.39 is 18.4 Å². The van der Waals surface area contributed by atoms with E-state index in [2.05, 4.69) is 0 Å². The molecule has 0 atom stereocenters. The quantitative estimate of drug-likeness (QED) is 0.476. The Kier molecular flexibility index (Phi) is 2.73. The van der Waals surface area contributed by atoms with Gasteiger partial charge in [-0.25, -0.2) is 0 Å². The Bertz CT molecular complexity index is 113. The van der Waals surface area contributed by atoms with Gasteiger partial charge in [-0.3, -0.25) is 0 Å². The zero-order valence-electron chi connectivity index (χ0n) is 4.79. The first-order chi connectivity index (χ1) is 4.69. The van der Waals surface area contributed by atoms with E-state index in [-0.39, 0.29) is 5.48 Å². The minimum absolute atomic E-state index is 0.132. The van der Waals surface area contributed by atoms with E-state index in [1.807, 2.05) is 0 Å². The van der Waals surface area contributed by atoms with Gasteiger partial charge >= 0.3 is 12.4 Å². The Balaban J connectivity index is 4.43. The third-order valence-electron chi connectivity index (χ3n) is 0.784. The lowest BCUT2D eigenvalue weighted by atomic mass is 10.3. The summed E-state index contributed by atoms with van der Waals surface area (Å²) in [5.41, 5.74) is 0.132. The number of hydrogen-bond donors (Lipinski definition) is 2. The molecule has 2 nitrogen and oxygen atoms in total. The van der Waals surface area contributed by atoms with Crippen molar-refractivity contribution < 1.29 is 31.5 Å². The van der Waals surface area contributed by atoms with Crippen molar-refractivity contribution in [3.63, 3.8) is 0 Å². The fraction of sp³-hybridized carbons (Fsp3) is 1.00. The second-order valence-electron chi connectivity index (χ2n) is 1.65. The lowest BCUT2D eigenvalue weighted by Gasteiger charge is -2.20. The first kappa shape index (κ1) is 10.5. The largest absolute Gasteiger partial charge is 0.414 e. The molecule has 0 radical (unpaired) electrons. The van der Waals surface area contributed by atoms with Crippen LogP contribution in [0.15, 0.2) is 0 Å². The van der Waals surface area contributed by atoms with Crippen LogP contribution in [0.5, 0.6) is 0 Å². The van der Waals surface area contributed by atoms with Crippen molar-refractivity contribution in [2.75, 3.05) is 0 Å². The Morgan fingerprint density at radius 1 is 0.909 bits per heavy atom. The predicted molar refractivity (Wildman–Crippen MR) is 20.8 cm³/mol. The Morgan fingerprint density at radius 2 is 1.18 bits per heavy atom. The molecule has 2 N–H and O–H groups in total. The summed E-state index contributed by atoms with van der Waals surface area (Å²) in [5, 5.41) is 7.51. The zero-order chi connectivity index (χ0) is 9.28. The minimum Gasteiger partial charge on any atom is -0.316 e. The second-order valence-corrected chi connectivity index (χ2v) is 1.65. The van der Waals surface area contributed by atoms with Crippen molar-refractivity contribution in [2.45, 2.75) is 18.4 Å². The third-order valence-corrected chi connectivity index (χ3v) is 0.784. The molecule has 0 aliphatic heterocycles. The molecule has 0 aromatic carbocycles. The SMILES string of the molecule is ONC(C(F)(F)F)C(F)(F)F. The maximum atomic E-state index is 11.3. The molecule has 0 saturated carbocycles. The number of alkyl halides is 6. The molecule has 0 aromatic heterocycles. The van der Waals surface area contributed by atoms with Gasteiger partial charge in [-0.2, -0.15) is 31.8 Å². The van der Waals surface area contributed by atoms with Crippen LogP contribution in [0.1, 0.15) is 0 Å². The Hall–Kier alpha value is -0.500. The Labute approximate surface area is 56.8 Å². The van der Waals surface area contributed by atoms with Crippen molar-refractivity contribution >= 4 is 0 Å². The van der Waals surface area contributed by atoms with Gasteiger partial charge in [-0.1, -0.05) is 0 Å². The molecule has 0 unspecified atom stereocenters. The van der Waals surface area contributed by atoms with Gasteiger partial charge in [0.2, 0.25) is 6.04 Å². The second kappa shape index (κ2) is 2.86. The summed E-state index contributed by atoms with van der Waals surface area (Å²) in [5.74, 6) is 0. The molecule has 0 spiro atoms. The van der Waals surface area contributed by atoms with Crippen LogP contribution in [-0.4, -0.2) is 23.6 Å². The topological polar surface area (TPSA) is 32.3 Å². The van der Waals surface area contributed by atoms with Crippen LogP contribution in [0.2, 0.25) is 0 Å². The van der Waals surface area contributed by atoms with E-state index in [1.165, 1.54) is 0 Å². The summed E-state index contributed by atoms with van der Waals surface area (Å²) in [6, 6.07) is -3.88. The standard InChI is InChI=1S/C3H3F6NO/c4-2(5,6)1(10-11)3(7,8)9/h1,10-11H. The highest BCUT2D eigenvalue weighted by Crippen LogP contribution is 2.32. The highest BCUT2D eigenvalue weighted by atomic mass is 19.4. The van der Waals surface area contributed by atoms with Crippen LogP contribution in [0.4, 0.5) is 26.3 Å².